The summed E-state index contributed by atoms with van der Waals surface area (Å²) < 4.78 is 0. The van der Waals surface area contributed by atoms with E-state index in [-0.39, 0.29) is 5.54 Å². The second kappa shape index (κ2) is 4.40. The molecule has 3 heteroatoms. The van der Waals surface area contributed by atoms with E-state index in [0.29, 0.717) is 0 Å². The topological polar surface area (TPSA) is 27.3 Å². The minimum Gasteiger partial charge on any atom is -0.314 e. The number of hydrogen-bond donors (Lipinski definition) is 2. The van der Waals surface area contributed by atoms with Crippen molar-refractivity contribution in [1.29, 1.82) is 0 Å². The Morgan fingerprint density at radius 1 is 1.27 bits per heavy atom. The number of hydrogen-bond acceptors (Lipinski definition) is 3. The van der Waals surface area contributed by atoms with Gasteiger partial charge in [0.15, 0.2) is 0 Å². The Morgan fingerprint density at radius 2 is 2.00 bits per heavy atom. The zero-order valence-electron chi connectivity index (χ0n) is 10.3. The highest BCUT2D eigenvalue weighted by Crippen LogP contribution is 2.29. The molecule has 0 amide bonds. The molecule has 15 heavy (non-hydrogen) atoms. The Balaban J connectivity index is 1.68. The summed E-state index contributed by atoms with van der Waals surface area (Å²) in [4.78, 5) is 2.66. The van der Waals surface area contributed by atoms with Gasteiger partial charge in [-0.3, -0.25) is 4.90 Å². The third kappa shape index (κ3) is 3.16. The Labute approximate surface area is 93.6 Å². The van der Waals surface area contributed by atoms with Crippen LogP contribution in [0, 0.1) is 0 Å². The van der Waals surface area contributed by atoms with Crippen LogP contribution in [0.5, 0.6) is 0 Å². The molecule has 1 atom stereocenters. The molecule has 2 aliphatic rings. The molecular formula is C12H25N3. The number of likely N-dealkylation sites (N-methyl/N-ethyl adjacent to an activating group) is 1. The minimum atomic E-state index is 0.215. The Bertz CT molecular complexity index is 211. The van der Waals surface area contributed by atoms with Crippen molar-refractivity contribution in [3.05, 3.63) is 0 Å². The molecule has 0 bridgehead atoms. The van der Waals surface area contributed by atoms with Gasteiger partial charge in [0.2, 0.25) is 0 Å². The van der Waals surface area contributed by atoms with Gasteiger partial charge < -0.3 is 10.6 Å². The molecule has 0 spiro atoms. The average Bonchev–Trinajstić information content (AvgIpc) is 2.96. The van der Waals surface area contributed by atoms with E-state index in [2.05, 4.69) is 29.4 Å². The third-order valence-corrected chi connectivity index (χ3v) is 3.79. The fraction of sp³-hybridized carbons (Fsp3) is 1.00. The maximum absolute atomic E-state index is 3.68. The molecule has 0 aromatic heterocycles. The van der Waals surface area contributed by atoms with Crippen LogP contribution in [-0.2, 0) is 0 Å². The molecule has 0 radical (unpaired) electrons. The van der Waals surface area contributed by atoms with Crippen LogP contribution in [-0.4, -0.2) is 49.2 Å². The van der Waals surface area contributed by atoms with Crippen molar-refractivity contribution in [3.8, 4) is 0 Å². The van der Waals surface area contributed by atoms with Crippen molar-refractivity contribution in [2.24, 2.45) is 0 Å². The first-order valence-electron chi connectivity index (χ1n) is 6.27. The van der Waals surface area contributed by atoms with Crippen molar-refractivity contribution in [2.45, 2.75) is 50.7 Å². The molecule has 0 aromatic carbocycles. The molecule has 1 unspecified atom stereocenters. The summed E-state index contributed by atoms with van der Waals surface area (Å²) in [5.74, 6) is 0. The van der Waals surface area contributed by atoms with Crippen LogP contribution in [0.25, 0.3) is 0 Å². The quantitative estimate of drug-likeness (QED) is 0.705. The van der Waals surface area contributed by atoms with E-state index in [4.69, 9.17) is 0 Å². The summed E-state index contributed by atoms with van der Waals surface area (Å²) in [5.41, 5.74) is 0.215. The lowest BCUT2D eigenvalue weighted by Gasteiger charge is -2.26. The SMILES string of the molecule is CNC(C)(C)CNC1CCN(C2CC2)C1. The molecule has 1 aliphatic heterocycles. The van der Waals surface area contributed by atoms with E-state index in [1.165, 1.54) is 32.4 Å². The lowest BCUT2D eigenvalue weighted by molar-refractivity contribution is 0.309. The first-order chi connectivity index (χ1) is 7.11. The highest BCUT2D eigenvalue weighted by molar-refractivity contribution is 4.92. The van der Waals surface area contributed by atoms with Gasteiger partial charge in [0.1, 0.15) is 0 Å². The zero-order valence-corrected chi connectivity index (χ0v) is 10.3. The summed E-state index contributed by atoms with van der Waals surface area (Å²) in [5, 5.41) is 7.02. The fourth-order valence-corrected chi connectivity index (χ4v) is 2.21. The molecule has 2 rings (SSSR count). The highest BCUT2D eigenvalue weighted by Gasteiger charge is 2.34. The largest absolute Gasteiger partial charge is 0.314 e. The van der Waals surface area contributed by atoms with E-state index >= 15 is 0 Å². The molecule has 1 saturated carbocycles. The second-order valence-electron chi connectivity index (χ2n) is 5.73. The molecular weight excluding hydrogens is 186 g/mol. The Morgan fingerprint density at radius 3 is 2.60 bits per heavy atom. The lowest BCUT2D eigenvalue weighted by Crippen LogP contribution is -2.49. The highest BCUT2D eigenvalue weighted by atomic mass is 15.2. The predicted molar refractivity (Wildman–Crippen MR) is 64.1 cm³/mol. The average molecular weight is 211 g/mol. The fourth-order valence-electron chi connectivity index (χ4n) is 2.21. The summed E-state index contributed by atoms with van der Waals surface area (Å²) in [6.07, 6.45) is 4.21. The molecule has 1 aliphatic carbocycles. The van der Waals surface area contributed by atoms with E-state index in [0.717, 1.165) is 18.6 Å². The first kappa shape index (κ1) is 11.4. The van der Waals surface area contributed by atoms with Crippen molar-refractivity contribution < 1.29 is 0 Å². The van der Waals surface area contributed by atoms with Gasteiger partial charge in [-0.1, -0.05) is 0 Å². The van der Waals surface area contributed by atoms with Crippen LogP contribution in [0.1, 0.15) is 33.1 Å². The predicted octanol–water partition coefficient (Wildman–Crippen LogP) is 0.811. The van der Waals surface area contributed by atoms with E-state index < -0.39 is 0 Å². The van der Waals surface area contributed by atoms with Gasteiger partial charge in [-0.25, -0.2) is 0 Å². The summed E-state index contributed by atoms with van der Waals surface area (Å²) in [7, 11) is 2.03. The van der Waals surface area contributed by atoms with Crippen molar-refractivity contribution in [3.63, 3.8) is 0 Å². The standard InChI is InChI=1S/C12H25N3/c1-12(2,13-3)9-14-10-6-7-15(8-10)11-4-5-11/h10-11,13-14H,4-9H2,1-3H3. The van der Waals surface area contributed by atoms with Gasteiger partial charge in [-0.05, 0) is 40.2 Å². The molecule has 3 nitrogen and oxygen atoms in total. The third-order valence-electron chi connectivity index (χ3n) is 3.79. The van der Waals surface area contributed by atoms with Crippen LogP contribution in [0.4, 0.5) is 0 Å². The maximum Gasteiger partial charge on any atom is 0.0246 e. The molecule has 0 aromatic rings. The summed E-state index contributed by atoms with van der Waals surface area (Å²) >= 11 is 0. The van der Waals surface area contributed by atoms with Crippen molar-refractivity contribution >= 4 is 0 Å². The maximum atomic E-state index is 3.68. The van der Waals surface area contributed by atoms with Crippen LogP contribution >= 0.6 is 0 Å². The number of likely N-dealkylation sites (tertiary alicyclic amines) is 1. The molecule has 1 heterocycles. The van der Waals surface area contributed by atoms with Crippen LogP contribution in [0.2, 0.25) is 0 Å². The molecule has 88 valence electrons. The summed E-state index contributed by atoms with van der Waals surface area (Å²) in [6, 6.07) is 1.66. The van der Waals surface area contributed by atoms with Crippen LogP contribution < -0.4 is 10.6 Å². The van der Waals surface area contributed by atoms with Crippen LogP contribution in [0.3, 0.4) is 0 Å². The number of nitrogens with one attached hydrogen (secondary N) is 2. The first-order valence-corrected chi connectivity index (χ1v) is 6.27. The Kier molecular flexibility index (Phi) is 3.33. The molecule has 2 N–H and O–H groups in total. The zero-order chi connectivity index (χ0) is 10.9. The van der Waals surface area contributed by atoms with Gasteiger partial charge in [-0.15, -0.1) is 0 Å². The van der Waals surface area contributed by atoms with Crippen molar-refractivity contribution in [2.75, 3.05) is 26.7 Å². The lowest BCUT2D eigenvalue weighted by atomic mass is 10.1. The van der Waals surface area contributed by atoms with Gasteiger partial charge in [-0.2, -0.15) is 0 Å². The minimum absolute atomic E-state index is 0.215. The van der Waals surface area contributed by atoms with Gasteiger partial charge in [0.25, 0.3) is 0 Å². The van der Waals surface area contributed by atoms with Gasteiger partial charge in [0, 0.05) is 37.3 Å². The smallest absolute Gasteiger partial charge is 0.0246 e. The van der Waals surface area contributed by atoms with Crippen molar-refractivity contribution in [1.82, 2.24) is 15.5 Å². The van der Waals surface area contributed by atoms with Crippen LogP contribution in [0.15, 0.2) is 0 Å². The molecule has 2 fully saturated rings. The molecule has 1 saturated heterocycles. The Hall–Kier alpha value is -0.120. The normalized spacial score (nSPS) is 28.6. The summed E-state index contributed by atoms with van der Waals surface area (Å²) in [6.45, 7) is 8.13. The van der Waals surface area contributed by atoms with E-state index in [9.17, 15) is 0 Å². The van der Waals surface area contributed by atoms with E-state index in [1.807, 2.05) is 7.05 Å². The van der Waals surface area contributed by atoms with Gasteiger partial charge in [0.05, 0.1) is 0 Å². The van der Waals surface area contributed by atoms with Gasteiger partial charge >= 0.3 is 0 Å². The second-order valence-corrected chi connectivity index (χ2v) is 5.73. The number of nitrogens with zero attached hydrogens (tertiary/aromatic N) is 1. The monoisotopic (exact) mass is 211 g/mol. The number of rotatable bonds is 5. The van der Waals surface area contributed by atoms with E-state index in [1.54, 1.807) is 0 Å².